The lowest BCUT2D eigenvalue weighted by atomic mass is 9.94. The van der Waals surface area contributed by atoms with Crippen LogP contribution in [0.2, 0.25) is 0 Å². The summed E-state index contributed by atoms with van der Waals surface area (Å²) in [5.74, 6) is 0. The van der Waals surface area contributed by atoms with E-state index < -0.39 is 0 Å². The number of rotatable bonds is 4. The Hall–Kier alpha value is -0.870. The first-order chi connectivity index (χ1) is 10.4. The van der Waals surface area contributed by atoms with Gasteiger partial charge in [0.15, 0.2) is 0 Å². The second-order valence-electron chi connectivity index (χ2n) is 7.13. The first-order valence-corrected chi connectivity index (χ1v) is 8.87. The SMILES string of the molecule is c1ncn(C2CC2)c1CN1CCN(C2CCCCC2)CC1. The maximum Gasteiger partial charge on any atom is 0.0951 e. The largest absolute Gasteiger partial charge is 0.330 e. The molecule has 0 bridgehead atoms. The zero-order chi connectivity index (χ0) is 14.1. The molecule has 0 unspecified atom stereocenters. The molecule has 0 aromatic carbocycles. The molecular weight excluding hydrogens is 260 g/mol. The zero-order valence-electron chi connectivity index (χ0n) is 13.1. The minimum atomic E-state index is 0.756. The van der Waals surface area contributed by atoms with Crippen LogP contribution in [0.4, 0.5) is 0 Å². The van der Waals surface area contributed by atoms with Gasteiger partial charge in [0.1, 0.15) is 0 Å². The number of aromatic nitrogens is 2. The molecule has 1 aromatic heterocycles. The molecule has 0 N–H and O–H groups in total. The van der Waals surface area contributed by atoms with Crippen LogP contribution in [0.25, 0.3) is 0 Å². The number of imidazole rings is 1. The van der Waals surface area contributed by atoms with E-state index in [1.807, 2.05) is 6.33 Å². The lowest BCUT2D eigenvalue weighted by Gasteiger charge is -2.40. The molecule has 3 aliphatic rings. The first kappa shape index (κ1) is 13.8. The molecule has 0 spiro atoms. The van der Waals surface area contributed by atoms with E-state index in [1.54, 1.807) is 0 Å². The predicted molar refractivity (Wildman–Crippen MR) is 84.2 cm³/mol. The van der Waals surface area contributed by atoms with Crippen molar-refractivity contribution in [3.05, 3.63) is 18.2 Å². The van der Waals surface area contributed by atoms with E-state index in [-0.39, 0.29) is 0 Å². The zero-order valence-corrected chi connectivity index (χ0v) is 13.1. The lowest BCUT2D eigenvalue weighted by Crippen LogP contribution is -2.50. The van der Waals surface area contributed by atoms with E-state index in [2.05, 4.69) is 25.5 Å². The summed E-state index contributed by atoms with van der Waals surface area (Å²) in [6.07, 6.45) is 14.0. The van der Waals surface area contributed by atoms with Crippen molar-refractivity contribution in [1.29, 1.82) is 0 Å². The van der Waals surface area contributed by atoms with Crippen LogP contribution >= 0.6 is 0 Å². The van der Waals surface area contributed by atoms with E-state index in [0.717, 1.165) is 18.6 Å². The Labute approximate surface area is 128 Å². The van der Waals surface area contributed by atoms with E-state index >= 15 is 0 Å². The second-order valence-corrected chi connectivity index (χ2v) is 7.13. The molecule has 4 nitrogen and oxygen atoms in total. The molecule has 116 valence electrons. The van der Waals surface area contributed by atoms with Crippen LogP contribution < -0.4 is 0 Å². The van der Waals surface area contributed by atoms with Gasteiger partial charge in [0, 0.05) is 51.0 Å². The third kappa shape index (κ3) is 3.16. The Morgan fingerprint density at radius 3 is 2.38 bits per heavy atom. The van der Waals surface area contributed by atoms with Crippen molar-refractivity contribution in [3.63, 3.8) is 0 Å². The average Bonchev–Trinajstić information content (AvgIpc) is 3.29. The van der Waals surface area contributed by atoms with Crippen LogP contribution in [0.5, 0.6) is 0 Å². The highest BCUT2D eigenvalue weighted by atomic mass is 15.3. The maximum atomic E-state index is 4.36. The van der Waals surface area contributed by atoms with Gasteiger partial charge in [-0.15, -0.1) is 0 Å². The van der Waals surface area contributed by atoms with E-state index in [0.29, 0.717) is 0 Å². The molecule has 1 aliphatic heterocycles. The van der Waals surface area contributed by atoms with Gasteiger partial charge in [0.05, 0.1) is 12.0 Å². The lowest BCUT2D eigenvalue weighted by molar-refractivity contribution is 0.0744. The van der Waals surface area contributed by atoms with Crippen molar-refractivity contribution in [3.8, 4) is 0 Å². The number of nitrogens with zero attached hydrogens (tertiary/aromatic N) is 4. The van der Waals surface area contributed by atoms with Crippen LogP contribution in [0.1, 0.15) is 56.7 Å². The van der Waals surface area contributed by atoms with Gasteiger partial charge in [-0.25, -0.2) is 4.98 Å². The fraction of sp³-hybridized carbons (Fsp3) is 0.824. The molecular formula is C17H28N4. The fourth-order valence-corrected chi connectivity index (χ4v) is 4.10. The van der Waals surface area contributed by atoms with Gasteiger partial charge < -0.3 is 4.57 Å². The highest BCUT2D eigenvalue weighted by Gasteiger charge is 2.28. The summed E-state index contributed by atoms with van der Waals surface area (Å²) >= 11 is 0. The van der Waals surface area contributed by atoms with Crippen molar-refractivity contribution in [2.75, 3.05) is 26.2 Å². The van der Waals surface area contributed by atoms with Gasteiger partial charge in [0.2, 0.25) is 0 Å². The molecule has 0 atom stereocenters. The summed E-state index contributed by atoms with van der Waals surface area (Å²) in [7, 11) is 0. The molecule has 1 saturated heterocycles. The highest BCUT2D eigenvalue weighted by Crippen LogP contribution is 2.35. The normalized spacial score (nSPS) is 26.3. The van der Waals surface area contributed by atoms with Crippen molar-refractivity contribution < 1.29 is 0 Å². The van der Waals surface area contributed by atoms with Crippen LogP contribution in [0, 0.1) is 0 Å². The summed E-state index contributed by atoms with van der Waals surface area (Å²) in [6.45, 7) is 6.08. The third-order valence-electron chi connectivity index (χ3n) is 5.57. The topological polar surface area (TPSA) is 24.3 Å². The van der Waals surface area contributed by atoms with Crippen molar-refractivity contribution in [2.24, 2.45) is 0 Å². The van der Waals surface area contributed by atoms with Gasteiger partial charge in [0.25, 0.3) is 0 Å². The molecule has 1 aromatic rings. The van der Waals surface area contributed by atoms with Crippen LogP contribution in [-0.4, -0.2) is 51.6 Å². The highest BCUT2D eigenvalue weighted by molar-refractivity contribution is 5.03. The third-order valence-corrected chi connectivity index (χ3v) is 5.57. The fourth-order valence-electron chi connectivity index (χ4n) is 4.10. The summed E-state index contributed by atoms with van der Waals surface area (Å²) in [6, 6.07) is 1.64. The summed E-state index contributed by atoms with van der Waals surface area (Å²) < 4.78 is 2.41. The number of hydrogen-bond acceptors (Lipinski definition) is 3. The van der Waals surface area contributed by atoms with Crippen molar-refractivity contribution >= 4 is 0 Å². The van der Waals surface area contributed by atoms with Crippen molar-refractivity contribution in [1.82, 2.24) is 19.4 Å². The summed E-state index contributed by atoms with van der Waals surface area (Å²) in [5, 5.41) is 0. The minimum Gasteiger partial charge on any atom is -0.330 e. The van der Waals surface area contributed by atoms with Gasteiger partial charge in [-0.05, 0) is 25.7 Å². The average molecular weight is 288 g/mol. The summed E-state index contributed by atoms with van der Waals surface area (Å²) in [4.78, 5) is 9.74. The Bertz CT molecular complexity index is 451. The van der Waals surface area contributed by atoms with Crippen LogP contribution in [0.15, 0.2) is 12.5 Å². The Morgan fingerprint density at radius 1 is 0.905 bits per heavy atom. The number of hydrogen-bond donors (Lipinski definition) is 0. The molecule has 2 aliphatic carbocycles. The predicted octanol–water partition coefficient (Wildman–Crippen LogP) is 2.67. The molecule has 2 saturated carbocycles. The van der Waals surface area contributed by atoms with Crippen LogP contribution in [-0.2, 0) is 6.54 Å². The van der Waals surface area contributed by atoms with Crippen LogP contribution in [0.3, 0.4) is 0 Å². The Balaban J connectivity index is 1.29. The molecule has 0 radical (unpaired) electrons. The molecule has 3 fully saturated rings. The molecule has 4 heteroatoms. The van der Waals surface area contributed by atoms with Crippen molar-refractivity contribution in [2.45, 2.75) is 63.6 Å². The minimum absolute atomic E-state index is 0.756. The maximum absolute atomic E-state index is 4.36. The quantitative estimate of drug-likeness (QED) is 0.851. The first-order valence-electron chi connectivity index (χ1n) is 8.87. The smallest absolute Gasteiger partial charge is 0.0951 e. The Kier molecular flexibility index (Phi) is 3.99. The molecule has 0 amide bonds. The standard InChI is InChI=1S/C17H28N4/c1-2-4-15(5-3-1)20-10-8-19(9-11-20)13-17-12-18-14-21(17)16-6-7-16/h12,14-16H,1-11,13H2. The van der Waals surface area contributed by atoms with Gasteiger partial charge in [-0.1, -0.05) is 19.3 Å². The van der Waals surface area contributed by atoms with Gasteiger partial charge >= 0.3 is 0 Å². The monoisotopic (exact) mass is 288 g/mol. The van der Waals surface area contributed by atoms with E-state index in [1.165, 1.54) is 76.8 Å². The second kappa shape index (κ2) is 6.09. The number of piperazine rings is 1. The van der Waals surface area contributed by atoms with E-state index in [4.69, 9.17) is 0 Å². The van der Waals surface area contributed by atoms with E-state index in [9.17, 15) is 0 Å². The molecule has 2 heterocycles. The Morgan fingerprint density at radius 2 is 1.67 bits per heavy atom. The van der Waals surface area contributed by atoms with Gasteiger partial charge in [-0.3, -0.25) is 9.80 Å². The van der Waals surface area contributed by atoms with Gasteiger partial charge in [-0.2, -0.15) is 0 Å². The molecule has 4 rings (SSSR count). The summed E-state index contributed by atoms with van der Waals surface area (Å²) in [5.41, 5.74) is 1.42. The molecule has 21 heavy (non-hydrogen) atoms.